The number of rotatable bonds is 6. The summed E-state index contributed by atoms with van der Waals surface area (Å²) in [6.07, 6.45) is 0.313. The predicted octanol–water partition coefficient (Wildman–Crippen LogP) is 4.55. The zero-order valence-electron chi connectivity index (χ0n) is 11.9. The maximum Gasteiger partial charge on any atom is 0.129 e. The number of nitrogens with one attached hydrogen (secondary N) is 1. The molecule has 0 amide bonds. The van der Waals surface area contributed by atoms with Crippen molar-refractivity contribution in [2.24, 2.45) is 0 Å². The lowest BCUT2D eigenvalue weighted by molar-refractivity contribution is 0.523. The molecule has 0 saturated heterocycles. The van der Waals surface area contributed by atoms with Crippen LogP contribution in [0.4, 0.5) is 8.78 Å². The van der Waals surface area contributed by atoms with Gasteiger partial charge in [-0.2, -0.15) is 0 Å². The van der Waals surface area contributed by atoms with Crippen LogP contribution in [0.15, 0.2) is 42.5 Å². The van der Waals surface area contributed by atoms with Crippen LogP contribution in [0.2, 0.25) is 5.02 Å². The van der Waals surface area contributed by atoms with Crippen LogP contribution in [0.1, 0.15) is 24.0 Å². The first-order valence-electron chi connectivity index (χ1n) is 7.01. The molecule has 1 N–H and O–H groups in total. The van der Waals surface area contributed by atoms with Crippen molar-refractivity contribution >= 4 is 11.6 Å². The second kappa shape index (κ2) is 7.53. The minimum atomic E-state index is -0.495. The Kier molecular flexibility index (Phi) is 5.71. The van der Waals surface area contributed by atoms with Crippen LogP contribution in [-0.4, -0.2) is 13.1 Å². The van der Waals surface area contributed by atoms with Crippen molar-refractivity contribution in [2.45, 2.75) is 19.3 Å². The van der Waals surface area contributed by atoms with Crippen molar-refractivity contribution in [3.63, 3.8) is 0 Å². The summed E-state index contributed by atoms with van der Waals surface area (Å²) >= 11 is 5.90. The van der Waals surface area contributed by atoms with Gasteiger partial charge in [0, 0.05) is 23.0 Å². The topological polar surface area (TPSA) is 12.0 Å². The standard InChI is InChI=1S/C17H18ClF2N/c1-2-21-11-13(12-6-8-14(18)9-7-12)10-15-16(19)4-3-5-17(15)20/h3-9,13,21H,2,10-11H2,1H3. The highest BCUT2D eigenvalue weighted by Crippen LogP contribution is 2.25. The highest BCUT2D eigenvalue weighted by molar-refractivity contribution is 6.30. The van der Waals surface area contributed by atoms with Gasteiger partial charge in [0.05, 0.1) is 0 Å². The Morgan fingerprint density at radius 3 is 2.24 bits per heavy atom. The lowest BCUT2D eigenvalue weighted by Gasteiger charge is -2.19. The molecule has 2 aromatic rings. The Bertz CT molecular complexity index is 564. The third-order valence-corrected chi connectivity index (χ3v) is 3.75. The fourth-order valence-electron chi connectivity index (χ4n) is 2.34. The van der Waals surface area contributed by atoms with Crippen LogP contribution >= 0.6 is 11.6 Å². The van der Waals surface area contributed by atoms with Crippen LogP contribution in [0.25, 0.3) is 0 Å². The van der Waals surface area contributed by atoms with Gasteiger partial charge in [0.25, 0.3) is 0 Å². The quantitative estimate of drug-likeness (QED) is 0.825. The Balaban J connectivity index is 2.26. The highest BCUT2D eigenvalue weighted by Gasteiger charge is 2.17. The molecule has 21 heavy (non-hydrogen) atoms. The zero-order valence-corrected chi connectivity index (χ0v) is 12.6. The summed E-state index contributed by atoms with van der Waals surface area (Å²) in [5, 5.41) is 3.89. The number of hydrogen-bond acceptors (Lipinski definition) is 1. The van der Waals surface area contributed by atoms with Gasteiger partial charge in [-0.1, -0.05) is 36.7 Å². The van der Waals surface area contributed by atoms with Crippen LogP contribution in [0, 0.1) is 11.6 Å². The van der Waals surface area contributed by atoms with Gasteiger partial charge in [-0.25, -0.2) is 8.78 Å². The van der Waals surface area contributed by atoms with Crippen LogP contribution in [-0.2, 0) is 6.42 Å². The van der Waals surface area contributed by atoms with Crippen LogP contribution in [0.3, 0.4) is 0 Å². The highest BCUT2D eigenvalue weighted by atomic mass is 35.5. The van der Waals surface area contributed by atoms with Gasteiger partial charge in [0.1, 0.15) is 11.6 Å². The molecule has 0 saturated carbocycles. The largest absolute Gasteiger partial charge is 0.316 e. The van der Waals surface area contributed by atoms with E-state index in [1.54, 1.807) is 12.1 Å². The van der Waals surface area contributed by atoms with E-state index in [0.29, 0.717) is 18.0 Å². The van der Waals surface area contributed by atoms with Crippen molar-refractivity contribution in [3.8, 4) is 0 Å². The molecular formula is C17H18ClF2N. The number of benzene rings is 2. The van der Waals surface area contributed by atoms with Crippen molar-refractivity contribution in [1.82, 2.24) is 5.32 Å². The van der Waals surface area contributed by atoms with Gasteiger partial charge >= 0.3 is 0 Å². The molecule has 0 fully saturated rings. The molecule has 1 unspecified atom stereocenters. The molecule has 0 spiro atoms. The van der Waals surface area contributed by atoms with E-state index in [0.717, 1.165) is 12.1 Å². The first-order valence-corrected chi connectivity index (χ1v) is 7.38. The lowest BCUT2D eigenvalue weighted by Crippen LogP contribution is -2.23. The Labute approximate surface area is 128 Å². The number of likely N-dealkylation sites (N-methyl/N-ethyl adjacent to an activating group) is 1. The van der Waals surface area contributed by atoms with E-state index in [9.17, 15) is 8.78 Å². The summed E-state index contributed by atoms with van der Waals surface area (Å²) in [6.45, 7) is 3.47. The Hall–Kier alpha value is -1.45. The molecule has 0 radical (unpaired) electrons. The lowest BCUT2D eigenvalue weighted by atomic mass is 9.91. The van der Waals surface area contributed by atoms with E-state index in [4.69, 9.17) is 11.6 Å². The number of hydrogen-bond donors (Lipinski definition) is 1. The summed E-state index contributed by atoms with van der Waals surface area (Å²) in [4.78, 5) is 0. The van der Waals surface area contributed by atoms with Crippen molar-refractivity contribution in [3.05, 3.63) is 70.2 Å². The first-order chi connectivity index (χ1) is 10.1. The summed E-state index contributed by atoms with van der Waals surface area (Å²) in [7, 11) is 0. The molecule has 0 heterocycles. The molecule has 0 bridgehead atoms. The van der Waals surface area contributed by atoms with Gasteiger partial charge in [-0.15, -0.1) is 0 Å². The number of halogens is 3. The average molecular weight is 310 g/mol. The maximum absolute atomic E-state index is 13.8. The summed E-state index contributed by atoms with van der Waals surface area (Å²) in [6, 6.07) is 11.4. The molecular weight excluding hydrogens is 292 g/mol. The molecule has 112 valence electrons. The van der Waals surface area contributed by atoms with Gasteiger partial charge < -0.3 is 5.32 Å². The van der Waals surface area contributed by atoms with Crippen LogP contribution in [0.5, 0.6) is 0 Å². The summed E-state index contributed by atoms with van der Waals surface area (Å²) in [5.41, 5.74) is 1.15. The minimum Gasteiger partial charge on any atom is -0.316 e. The zero-order chi connectivity index (χ0) is 15.2. The second-order valence-corrected chi connectivity index (χ2v) is 5.40. The van der Waals surface area contributed by atoms with Crippen molar-refractivity contribution in [2.75, 3.05) is 13.1 Å². The average Bonchev–Trinajstić information content (AvgIpc) is 2.47. The van der Waals surface area contributed by atoms with E-state index in [1.165, 1.54) is 18.2 Å². The maximum atomic E-state index is 13.8. The molecule has 0 aliphatic heterocycles. The van der Waals surface area contributed by atoms with Gasteiger partial charge in [0.2, 0.25) is 0 Å². The fraction of sp³-hybridized carbons (Fsp3) is 0.294. The molecule has 0 aliphatic rings. The van der Waals surface area contributed by atoms with Gasteiger partial charge in [0.15, 0.2) is 0 Å². The molecule has 0 aromatic heterocycles. The molecule has 1 nitrogen and oxygen atoms in total. The SMILES string of the molecule is CCNCC(Cc1c(F)cccc1F)c1ccc(Cl)cc1. The third-order valence-electron chi connectivity index (χ3n) is 3.49. The summed E-state index contributed by atoms with van der Waals surface area (Å²) in [5.74, 6) is -0.996. The first kappa shape index (κ1) is 15.9. The van der Waals surface area contributed by atoms with Crippen molar-refractivity contribution in [1.29, 1.82) is 0 Å². The van der Waals surface area contributed by atoms with E-state index in [2.05, 4.69) is 5.32 Å². The monoisotopic (exact) mass is 309 g/mol. The molecule has 1 atom stereocenters. The molecule has 0 aliphatic carbocycles. The Morgan fingerprint density at radius 1 is 1.05 bits per heavy atom. The minimum absolute atomic E-state index is 0.00591. The van der Waals surface area contributed by atoms with Crippen LogP contribution < -0.4 is 5.32 Å². The van der Waals surface area contributed by atoms with Gasteiger partial charge in [-0.3, -0.25) is 0 Å². The predicted molar refractivity (Wildman–Crippen MR) is 82.8 cm³/mol. The summed E-state index contributed by atoms with van der Waals surface area (Å²) < 4.78 is 27.7. The normalized spacial score (nSPS) is 12.4. The molecule has 2 aromatic carbocycles. The fourth-order valence-corrected chi connectivity index (χ4v) is 2.46. The van der Waals surface area contributed by atoms with E-state index >= 15 is 0 Å². The van der Waals surface area contributed by atoms with E-state index in [-0.39, 0.29) is 11.5 Å². The third kappa shape index (κ3) is 4.26. The smallest absolute Gasteiger partial charge is 0.129 e. The molecule has 4 heteroatoms. The second-order valence-electron chi connectivity index (χ2n) is 4.96. The van der Waals surface area contributed by atoms with E-state index in [1.807, 2.05) is 19.1 Å². The molecule has 2 rings (SSSR count). The van der Waals surface area contributed by atoms with E-state index < -0.39 is 11.6 Å². The van der Waals surface area contributed by atoms with Gasteiger partial charge in [-0.05, 0) is 42.8 Å². The van der Waals surface area contributed by atoms with Crippen molar-refractivity contribution < 1.29 is 8.78 Å². The Morgan fingerprint density at radius 2 is 1.67 bits per heavy atom.